The Bertz CT molecular complexity index is 744. The van der Waals surface area contributed by atoms with E-state index in [1.165, 1.54) is 18.4 Å². The monoisotopic (exact) mass is 442 g/mol. The molecule has 4 rings (SSSR count). The lowest BCUT2D eigenvalue weighted by Crippen LogP contribution is -2.55. The molecule has 0 radical (unpaired) electrons. The van der Waals surface area contributed by atoms with Gasteiger partial charge in [-0.25, -0.2) is 0 Å². The van der Waals surface area contributed by atoms with Crippen LogP contribution in [0.4, 0.5) is 0 Å². The van der Waals surface area contributed by atoms with Gasteiger partial charge < -0.3 is 19.9 Å². The molecule has 0 spiro atoms. The van der Waals surface area contributed by atoms with E-state index in [2.05, 4.69) is 55.3 Å². The van der Waals surface area contributed by atoms with E-state index < -0.39 is 0 Å². The normalized spacial score (nSPS) is 23.5. The number of nitrogens with one attached hydrogen (secondary N) is 1. The van der Waals surface area contributed by atoms with Gasteiger partial charge in [0.05, 0.1) is 19.8 Å². The zero-order valence-corrected chi connectivity index (χ0v) is 19.4. The van der Waals surface area contributed by atoms with Gasteiger partial charge >= 0.3 is 0 Å². The Morgan fingerprint density at radius 2 is 1.78 bits per heavy atom. The van der Waals surface area contributed by atoms with Crippen LogP contribution in [0.5, 0.6) is 0 Å². The van der Waals surface area contributed by atoms with Crippen LogP contribution < -0.4 is 5.32 Å². The number of likely N-dealkylation sites (tertiary alicyclic amines) is 1. The molecule has 3 heterocycles. The number of amides is 1. The number of hydrogen-bond acceptors (Lipinski definition) is 5. The van der Waals surface area contributed by atoms with Gasteiger partial charge in [0.2, 0.25) is 5.91 Å². The molecule has 3 aliphatic heterocycles. The van der Waals surface area contributed by atoms with Gasteiger partial charge in [-0.3, -0.25) is 19.6 Å². The molecule has 0 aromatic heterocycles. The van der Waals surface area contributed by atoms with E-state index in [1.807, 2.05) is 11.9 Å². The van der Waals surface area contributed by atoms with Crippen LogP contribution in [0.25, 0.3) is 0 Å². The number of carbonyl (C=O) groups is 1. The molecule has 1 unspecified atom stereocenters. The van der Waals surface area contributed by atoms with Gasteiger partial charge in [-0.15, -0.1) is 0 Å². The van der Waals surface area contributed by atoms with Gasteiger partial charge in [0.25, 0.3) is 0 Å². The fraction of sp³-hybridized carbons (Fsp3) is 0.667. The maximum Gasteiger partial charge on any atom is 0.236 e. The van der Waals surface area contributed by atoms with Crippen molar-refractivity contribution in [3.8, 4) is 0 Å². The van der Waals surface area contributed by atoms with Crippen molar-refractivity contribution in [1.29, 1.82) is 0 Å². The van der Waals surface area contributed by atoms with Crippen molar-refractivity contribution in [3.63, 3.8) is 0 Å². The second-order valence-corrected chi connectivity index (χ2v) is 8.94. The number of hydrogen-bond donors (Lipinski definition) is 1. The minimum Gasteiger partial charge on any atom is -0.378 e. The Morgan fingerprint density at radius 1 is 1.03 bits per heavy atom. The Kier molecular flexibility index (Phi) is 8.36. The van der Waals surface area contributed by atoms with Crippen LogP contribution in [-0.2, 0) is 16.1 Å². The summed E-state index contributed by atoms with van der Waals surface area (Å²) in [4.78, 5) is 26.2. The standard InChI is InChI=1S/C24H38N6O2/c1-25-24(26-18-22-8-5-9-30(22)19-21-6-3-2-4-7-21)29-12-10-27(11-13-29)20-23(31)28-14-16-32-17-15-28/h2-4,6-7,22H,5,8-20H2,1H3,(H,25,26). The van der Waals surface area contributed by atoms with Gasteiger partial charge in [-0.2, -0.15) is 0 Å². The van der Waals surface area contributed by atoms with E-state index in [9.17, 15) is 4.79 Å². The first kappa shape index (κ1) is 23.0. The lowest BCUT2D eigenvalue weighted by Gasteiger charge is -2.37. The summed E-state index contributed by atoms with van der Waals surface area (Å²) in [6.45, 7) is 9.94. The van der Waals surface area contributed by atoms with E-state index in [0.29, 0.717) is 25.8 Å². The van der Waals surface area contributed by atoms with Crippen molar-refractivity contribution in [2.45, 2.75) is 25.4 Å². The number of aliphatic imine (C=N–C) groups is 1. The molecule has 3 saturated heterocycles. The van der Waals surface area contributed by atoms with Gasteiger partial charge in [-0.1, -0.05) is 30.3 Å². The van der Waals surface area contributed by atoms with Gasteiger partial charge in [0.1, 0.15) is 0 Å². The van der Waals surface area contributed by atoms with E-state index >= 15 is 0 Å². The highest BCUT2D eigenvalue weighted by Crippen LogP contribution is 2.19. The first-order valence-electron chi connectivity index (χ1n) is 12.0. The van der Waals surface area contributed by atoms with Crippen LogP contribution in [0.15, 0.2) is 35.3 Å². The number of guanidine groups is 1. The summed E-state index contributed by atoms with van der Waals surface area (Å²) in [5.41, 5.74) is 1.38. The van der Waals surface area contributed by atoms with E-state index in [1.54, 1.807) is 0 Å². The molecule has 1 aromatic rings. The molecule has 3 fully saturated rings. The van der Waals surface area contributed by atoms with E-state index in [-0.39, 0.29) is 5.91 Å². The maximum absolute atomic E-state index is 12.5. The van der Waals surface area contributed by atoms with Gasteiger partial charge in [0, 0.05) is 65.4 Å². The van der Waals surface area contributed by atoms with Crippen LogP contribution in [0.2, 0.25) is 0 Å². The largest absolute Gasteiger partial charge is 0.378 e. The highest BCUT2D eigenvalue weighted by molar-refractivity contribution is 5.80. The van der Waals surface area contributed by atoms with Crippen molar-refractivity contribution in [1.82, 2.24) is 24.9 Å². The quantitative estimate of drug-likeness (QED) is 0.517. The fourth-order valence-corrected chi connectivity index (χ4v) is 4.92. The van der Waals surface area contributed by atoms with Crippen molar-refractivity contribution < 1.29 is 9.53 Å². The number of carbonyl (C=O) groups excluding carboxylic acids is 1. The molecular weight excluding hydrogens is 404 g/mol. The summed E-state index contributed by atoms with van der Waals surface area (Å²) in [6.07, 6.45) is 2.49. The first-order chi connectivity index (χ1) is 15.7. The Hall–Kier alpha value is -2.16. The molecule has 176 valence electrons. The van der Waals surface area contributed by atoms with Crippen molar-refractivity contribution in [3.05, 3.63) is 35.9 Å². The molecule has 32 heavy (non-hydrogen) atoms. The lowest BCUT2D eigenvalue weighted by atomic mass is 10.2. The number of benzene rings is 1. The molecule has 1 atom stereocenters. The number of morpholine rings is 1. The number of piperazine rings is 1. The third kappa shape index (κ3) is 6.21. The third-order valence-corrected chi connectivity index (χ3v) is 6.83. The lowest BCUT2D eigenvalue weighted by molar-refractivity contribution is -0.136. The molecule has 1 amide bonds. The predicted octanol–water partition coefficient (Wildman–Crippen LogP) is 0.703. The fourth-order valence-electron chi connectivity index (χ4n) is 4.92. The summed E-state index contributed by atoms with van der Waals surface area (Å²) in [5, 5.41) is 3.63. The zero-order chi connectivity index (χ0) is 22.2. The minimum atomic E-state index is 0.226. The summed E-state index contributed by atoms with van der Waals surface area (Å²) < 4.78 is 5.35. The van der Waals surface area contributed by atoms with Gasteiger partial charge in [-0.05, 0) is 24.9 Å². The molecule has 0 aliphatic carbocycles. The molecule has 8 heteroatoms. The van der Waals surface area contributed by atoms with Crippen molar-refractivity contribution >= 4 is 11.9 Å². The predicted molar refractivity (Wildman–Crippen MR) is 127 cm³/mol. The zero-order valence-electron chi connectivity index (χ0n) is 19.4. The summed E-state index contributed by atoms with van der Waals surface area (Å²) in [5.74, 6) is 1.21. The first-order valence-corrected chi connectivity index (χ1v) is 12.0. The van der Waals surface area contributed by atoms with Crippen LogP contribution in [0.3, 0.4) is 0 Å². The number of ether oxygens (including phenoxy) is 1. The van der Waals surface area contributed by atoms with Crippen LogP contribution in [0, 0.1) is 0 Å². The van der Waals surface area contributed by atoms with Crippen LogP contribution in [0.1, 0.15) is 18.4 Å². The second kappa shape index (κ2) is 11.6. The summed E-state index contributed by atoms with van der Waals surface area (Å²) in [6, 6.07) is 11.3. The molecule has 8 nitrogen and oxygen atoms in total. The van der Waals surface area contributed by atoms with Crippen LogP contribution in [-0.4, -0.2) is 117 Å². The topological polar surface area (TPSA) is 63.7 Å². The smallest absolute Gasteiger partial charge is 0.236 e. The van der Waals surface area contributed by atoms with Gasteiger partial charge in [0.15, 0.2) is 5.96 Å². The number of nitrogens with zero attached hydrogens (tertiary/aromatic N) is 5. The minimum absolute atomic E-state index is 0.226. The molecule has 1 aromatic carbocycles. The van der Waals surface area contributed by atoms with Crippen molar-refractivity contribution in [2.75, 3.05) is 79.2 Å². The summed E-state index contributed by atoms with van der Waals surface area (Å²) >= 11 is 0. The van der Waals surface area contributed by atoms with E-state index in [0.717, 1.165) is 64.9 Å². The average molecular weight is 443 g/mol. The Balaban J connectivity index is 1.20. The summed E-state index contributed by atoms with van der Waals surface area (Å²) in [7, 11) is 1.87. The average Bonchev–Trinajstić information content (AvgIpc) is 3.28. The second-order valence-electron chi connectivity index (χ2n) is 8.94. The molecular formula is C24H38N6O2. The highest BCUT2D eigenvalue weighted by atomic mass is 16.5. The number of rotatable bonds is 6. The maximum atomic E-state index is 12.5. The molecule has 0 bridgehead atoms. The van der Waals surface area contributed by atoms with E-state index in [4.69, 9.17) is 4.74 Å². The van der Waals surface area contributed by atoms with Crippen molar-refractivity contribution in [2.24, 2.45) is 4.99 Å². The third-order valence-electron chi connectivity index (χ3n) is 6.83. The molecule has 0 saturated carbocycles. The molecule has 3 aliphatic rings. The van der Waals surface area contributed by atoms with Crippen LogP contribution >= 0.6 is 0 Å². The Labute approximate surface area is 192 Å². The molecule has 1 N–H and O–H groups in total. The highest BCUT2D eigenvalue weighted by Gasteiger charge is 2.27. The SMILES string of the molecule is CN=C(NCC1CCCN1Cc1ccccc1)N1CCN(CC(=O)N2CCOCC2)CC1. The Morgan fingerprint density at radius 3 is 2.50 bits per heavy atom.